The van der Waals surface area contributed by atoms with Crippen molar-refractivity contribution in [2.45, 2.75) is 17.6 Å². The molecule has 0 N–H and O–H groups in total. The summed E-state index contributed by atoms with van der Waals surface area (Å²) in [4.78, 5) is 11.3. The van der Waals surface area contributed by atoms with Crippen LogP contribution in [0.3, 0.4) is 0 Å². The van der Waals surface area contributed by atoms with Gasteiger partial charge in [-0.05, 0) is 37.1 Å². The summed E-state index contributed by atoms with van der Waals surface area (Å²) >= 11 is 16.3. The summed E-state index contributed by atoms with van der Waals surface area (Å²) in [6, 6.07) is 5.38. The molecule has 0 aliphatic carbocycles. The fourth-order valence-corrected chi connectivity index (χ4v) is 1.42. The fraction of sp³-hybridized carbons (Fsp3) is 0.364. The van der Waals surface area contributed by atoms with Crippen LogP contribution in [0.15, 0.2) is 18.2 Å². The number of alkyl halides is 3. The number of carbonyl (C=O) groups excluding carboxylic acids is 1. The van der Waals surface area contributed by atoms with E-state index in [0.717, 1.165) is 11.1 Å². The number of rotatable bonds is 2. The Bertz CT molecular complexity index is 393. The molecule has 0 bridgehead atoms. The molecule has 94 valence electrons. The van der Waals surface area contributed by atoms with E-state index < -0.39 is 9.95 Å². The third-order valence-corrected chi connectivity index (χ3v) is 2.08. The van der Waals surface area contributed by atoms with E-state index in [-0.39, 0.29) is 6.61 Å². The molecule has 0 aromatic heterocycles. The van der Waals surface area contributed by atoms with Gasteiger partial charge in [0, 0.05) is 0 Å². The minimum Gasteiger partial charge on any atom is -0.429 e. The van der Waals surface area contributed by atoms with Gasteiger partial charge in [0.1, 0.15) is 12.4 Å². The Morgan fingerprint density at radius 3 is 2.18 bits per heavy atom. The van der Waals surface area contributed by atoms with Crippen molar-refractivity contribution in [1.82, 2.24) is 0 Å². The van der Waals surface area contributed by atoms with Crippen molar-refractivity contribution < 1.29 is 14.3 Å². The fourth-order valence-electron chi connectivity index (χ4n) is 1.26. The summed E-state index contributed by atoms with van der Waals surface area (Å²) in [6.07, 6.45) is -0.902. The summed E-state index contributed by atoms with van der Waals surface area (Å²) in [6.45, 7) is 3.43. The molecule has 0 amide bonds. The largest absolute Gasteiger partial charge is 0.513 e. The summed E-state index contributed by atoms with van der Waals surface area (Å²) < 4.78 is 7.93. The standard InChI is InChI=1S/C11H11Cl3O3/c1-7-3-8(2)5-9(4-7)17-10(15)16-6-11(12,13)14/h3-5H,6H2,1-2H3. The molecule has 6 heteroatoms. The lowest BCUT2D eigenvalue weighted by molar-refractivity contribution is 0.101. The maximum Gasteiger partial charge on any atom is 0.513 e. The average molecular weight is 298 g/mol. The van der Waals surface area contributed by atoms with Gasteiger partial charge in [-0.25, -0.2) is 4.79 Å². The van der Waals surface area contributed by atoms with Crippen LogP contribution in [0.25, 0.3) is 0 Å². The highest BCUT2D eigenvalue weighted by atomic mass is 35.6. The van der Waals surface area contributed by atoms with Crippen molar-refractivity contribution in [3.05, 3.63) is 29.3 Å². The SMILES string of the molecule is Cc1cc(C)cc(OC(=O)OCC(Cl)(Cl)Cl)c1. The van der Waals surface area contributed by atoms with Gasteiger partial charge < -0.3 is 9.47 Å². The Kier molecular flexibility index (Phi) is 4.92. The van der Waals surface area contributed by atoms with Gasteiger partial charge in [0.05, 0.1) is 0 Å². The molecule has 1 rings (SSSR count). The number of hydrogen-bond donors (Lipinski definition) is 0. The Morgan fingerprint density at radius 1 is 1.18 bits per heavy atom. The van der Waals surface area contributed by atoms with E-state index in [2.05, 4.69) is 4.74 Å². The van der Waals surface area contributed by atoms with Crippen molar-refractivity contribution in [3.8, 4) is 5.75 Å². The Morgan fingerprint density at radius 2 is 1.71 bits per heavy atom. The maximum absolute atomic E-state index is 11.3. The first-order chi connectivity index (χ1) is 7.76. The molecule has 0 aliphatic rings. The number of aryl methyl sites for hydroxylation is 2. The van der Waals surface area contributed by atoms with Crippen LogP contribution in [0.1, 0.15) is 11.1 Å². The van der Waals surface area contributed by atoms with E-state index in [9.17, 15) is 4.79 Å². The van der Waals surface area contributed by atoms with E-state index >= 15 is 0 Å². The molecule has 3 nitrogen and oxygen atoms in total. The lowest BCUT2D eigenvalue weighted by Gasteiger charge is -2.11. The summed E-state index contributed by atoms with van der Waals surface area (Å²) in [5.41, 5.74) is 1.96. The van der Waals surface area contributed by atoms with E-state index in [4.69, 9.17) is 39.5 Å². The third-order valence-electron chi connectivity index (χ3n) is 1.75. The molecule has 0 saturated carbocycles. The highest BCUT2D eigenvalue weighted by Gasteiger charge is 2.22. The van der Waals surface area contributed by atoms with Crippen molar-refractivity contribution in [2.24, 2.45) is 0 Å². The van der Waals surface area contributed by atoms with Crippen molar-refractivity contribution >= 4 is 41.0 Å². The molecule has 1 aromatic rings. The lowest BCUT2D eigenvalue weighted by Crippen LogP contribution is -2.19. The van der Waals surface area contributed by atoms with Crippen LogP contribution in [0.5, 0.6) is 5.75 Å². The van der Waals surface area contributed by atoms with Crippen LogP contribution in [0.4, 0.5) is 4.79 Å². The van der Waals surface area contributed by atoms with Gasteiger partial charge >= 0.3 is 6.16 Å². The molecule has 1 aromatic carbocycles. The summed E-state index contributed by atoms with van der Waals surface area (Å²) in [7, 11) is 0. The molecule has 17 heavy (non-hydrogen) atoms. The molecular formula is C11H11Cl3O3. The zero-order valence-electron chi connectivity index (χ0n) is 9.30. The minimum atomic E-state index is -1.64. The van der Waals surface area contributed by atoms with Gasteiger partial charge in [-0.3, -0.25) is 0 Å². The van der Waals surface area contributed by atoms with Crippen LogP contribution >= 0.6 is 34.8 Å². The zero-order valence-corrected chi connectivity index (χ0v) is 11.6. The molecule has 0 fully saturated rings. The number of ether oxygens (including phenoxy) is 2. The number of hydrogen-bond acceptors (Lipinski definition) is 3. The van der Waals surface area contributed by atoms with E-state index in [0.29, 0.717) is 5.75 Å². The third kappa shape index (κ3) is 6.01. The molecule has 0 aliphatic heterocycles. The van der Waals surface area contributed by atoms with Crippen LogP contribution < -0.4 is 4.74 Å². The minimum absolute atomic E-state index is 0.360. The second-order valence-electron chi connectivity index (χ2n) is 3.58. The number of benzene rings is 1. The molecule has 0 spiro atoms. The van der Waals surface area contributed by atoms with Crippen LogP contribution in [0.2, 0.25) is 0 Å². The quantitative estimate of drug-likeness (QED) is 0.466. The first-order valence-electron chi connectivity index (χ1n) is 4.76. The van der Waals surface area contributed by atoms with Gasteiger partial charge in [-0.1, -0.05) is 40.9 Å². The highest BCUT2D eigenvalue weighted by Crippen LogP contribution is 2.26. The smallest absolute Gasteiger partial charge is 0.429 e. The first kappa shape index (κ1) is 14.4. The van der Waals surface area contributed by atoms with Gasteiger partial charge in [-0.15, -0.1) is 0 Å². The van der Waals surface area contributed by atoms with Crippen LogP contribution in [0, 0.1) is 13.8 Å². The van der Waals surface area contributed by atoms with E-state index in [1.807, 2.05) is 19.9 Å². The van der Waals surface area contributed by atoms with Gasteiger partial charge in [0.15, 0.2) is 0 Å². The van der Waals surface area contributed by atoms with Crippen molar-refractivity contribution in [3.63, 3.8) is 0 Å². The molecule has 0 atom stereocenters. The van der Waals surface area contributed by atoms with E-state index in [1.54, 1.807) is 12.1 Å². The van der Waals surface area contributed by atoms with E-state index in [1.165, 1.54) is 0 Å². The summed E-state index contributed by atoms with van der Waals surface area (Å²) in [5.74, 6) is 0.400. The Balaban J connectivity index is 2.56. The maximum atomic E-state index is 11.3. The first-order valence-corrected chi connectivity index (χ1v) is 5.89. The van der Waals surface area contributed by atoms with Gasteiger partial charge in [0.25, 0.3) is 0 Å². The van der Waals surface area contributed by atoms with Gasteiger partial charge in [-0.2, -0.15) is 0 Å². The molecule has 0 unspecified atom stereocenters. The second kappa shape index (κ2) is 5.80. The molecular weight excluding hydrogens is 286 g/mol. The Labute approximate surface area is 115 Å². The van der Waals surface area contributed by atoms with Gasteiger partial charge in [0.2, 0.25) is 3.79 Å². The Hall–Kier alpha value is -0.640. The number of halogens is 3. The predicted molar refractivity (Wildman–Crippen MR) is 68.2 cm³/mol. The topological polar surface area (TPSA) is 35.5 Å². The van der Waals surface area contributed by atoms with Crippen LogP contribution in [-0.2, 0) is 4.74 Å². The highest BCUT2D eigenvalue weighted by molar-refractivity contribution is 6.67. The molecule has 0 heterocycles. The molecule has 0 radical (unpaired) electrons. The lowest BCUT2D eigenvalue weighted by atomic mass is 10.1. The zero-order chi connectivity index (χ0) is 13.1. The summed E-state index contributed by atoms with van der Waals surface area (Å²) in [5, 5.41) is 0. The van der Waals surface area contributed by atoms with Crippen molar-refractivity contribution in [1.29, 1.82) is 0 Å². The average Bonchev–Trinajstić information content (AvgIpc) is 2.11. The molecule has 0 saturated heterocycles. The van der Waals surface area contributed by atoms with Crippen molar-refractivity contribution in [2.75, 3.05) is 6.61 Å². The second-order valence-corrected chi connectivity index (χ2v) is 6.10. The normalized spacial score (nSPS) is 11.1. The monoisotopic (exact) mass is 296 g/mol. The number of carbonyl (C=O) groups is 1. The van der Waals surface area contributed by atoms with Crippen LogP contribution in [-0.4, -0.2) is 16.6 Å². The predicted octanol–water partition coefficient (Wildman–Crippen LogP) is 4.19.